The minimum atomic E-state index is -0.253. The fourth-order valence-corrected chi connectivity index (χ4v) is 3.70. The molecule has 120 valence electrons. The van der Waals surface area contributed by atoms with E-state index in [-0.39, 0.29) is 23.9 Å². The first-order chi connectivity index (χ1) is 11.1. The summed E-state index contributed by atoms with van der Waals surface area (Å²) in [5.74, 6) is 1.48. The smallest absolute Gasteiger partial charge is 0.133 e. The standard InChI is InChI=1S/C19H20FNO2/c1-21(2)11-13-10-15-14-5-3-4-6-17(14)23-18-8-7-12(20)9-16(18)19(15)22-13/h3-9,13,15,19H,10-11H2,1-2H3/t13-,15+,19-/m0/s1. The monoisotopic (exact) mass is 313 g/mol. The Bertz CT molecular complexity index is 731. The summed E-state index contributed by atoms with van der Waals surface area (Å²) in [6.45, 7) is 0.862. The van der Waals surface area contributed by atoms with Crippen molar-refractivity contribution in [2.45, 2.75) is 24.5 Å². The van der Waals surface area contributed by atoms with Crippen LogP contribution >= 0.6 is 0 Å². The van der Waals surface area contributed by atoms with Crippen LogP contribution in [0.4, 0.5) is 4.39 Å². The number of rotatable bonds is 2. The lowest BCUT2D eigenvalue weighted by atomic mass is 9.87. The van der Waals surface area contributed by atoms with Crippen LogP contribution < -0.4 is 4.74 Å². The Morgan fingerprint density at radius 3 is 2.70 bits per heavy atom. The predicted molar refractivity (Wildman–Crippen MR) is 86.4 cm³/mol. The summed E-state index contributed by atoms with van der Waals surface area (Å²) in [6, 6.07) is 12.8. The van der Waals surface area contributed by atoms with E-state index in [1.54, 1.807) is 12.1 Å². The molecule has 0 aliphatic carbocycles. The molecular formula is C19H20FNO2. The summed E-state index contributed by atoms with van der Waals surface area (Å²) >= 11 is 0. The molecule has 0 unspecified atom stereocenters. The fraction of sp³-hybridized carbons (Fsp3) is 0.368. The van der Waals surface area contributed by atoms with E-state index in [2.05, 4.69) is 11.0 Å². The minimum absolute atomic E-state index is 0.141. The normalized spacial score (nSPS) is 25.3. The summed E-state index contributed by atoms with van der Waals surface area (Å²) in [7, 11) is 4.09. The summed E-state index contributed by atoms with van der Waals surface area (Å²) in [4.78, 5) is 2.13. The van der Waals surface area contributed by atoms with Crippen LogP contribution in [0.5, 0.6) is 11.5 Å². The van der Waals surface area contributed by atoms with Crippen LogP contribution in [0.2, 0.25) is 0 Å². The van der Waals surface area contributed by atoms with Crippen molar-refractivity contribution in [3.8, 4) is 11.5 Å². The van der Waals surface area contributed by atoms with E-state index in [9.17, 15) is 4.39 Å². The van der Waals surface area contributed by atoms with Crippen LogP contribution in [-0.2, 0) is 4.74 Å². The summed E-state index contributed by atoms with van der Waals surface area (Å²) in [5, 5.41) is 0. The second-order valence-corrected chi connectivity index (χ2v) is 6.61. The minimum Gasteiger partial charge on any atom is -0.457 e. The Morgan fingerprint density at radius 2 is 1.87 bits per heavy atom. The molecule has 2 aliphatic heterocycles. The van der Waals surface area contributed by atoms with E-state index in [1.165, 1.54) is 6.07 Å². The van der Waals surface area contributed by atoms with Crippen LogP contribution in [-0.4, -0.2) is 31.6 Å². The van der Waals surface area contributed by atoms with Crippen molar-refractivity contribution in [1.82, 2.24) is 4.90 Å². The Morgan fingerprint density at radius 1 is 1.09 bits per heavy atom. The lowest BCUT2D eigenvalue weighted by Crippen LogP contribution is -2.25. The predicted octanol–water partition coefficient (Wildman–Crippen LogP) is 4.11. The summed E-state index contributed by atoms with van der Waals surface area (Å²) in [5.41, 5.74) is 1.96. The van der Waals surface area contributed by atoms with E-state index in [0.717, 1.165) is 29.8 Å². The molecule has 3 nitrogen and oxygen atoms in total. The average molecular weight is 313 g/mol. The Hall–Kier alpha value is -1.91. The van der Waals surface area contributed by atoms with Crippen molar-refractivity contribution in [2.75, 3.05) is 20.6 Å². The van der Waals surface area contributed by atoms with Crippen LogP contribution in [0.15, 0.2) is 42.5 Å². The lowest BCUT2D eigenvalue weighted by molar-refractivity contribution is 0.0270. The molecule has 1 fully saturated rings. The van der Waals surface area contributed by atoms with E-state index >= 15 is 0 Å². The van der Waals surface area contributed by atoms with Crippen molar-refractivity contribution in [3.05, 3.63) is 59.4 Å². The molecule has 3 atom stereocenters. The summed E-state index contributed by atoms with van der Waals surface area (Å²) < 4.78 is 26.2. The second-order valence-electron chi connectivity index (χ2n) is 6.61. The van der Waals surface area contributed by atoms with Crippen LogP contribution in [0.3, 0.4) is 0 Å². The highest BCUT2D eigenvalue weighted by Gasteiger charge is 2.41. The zero-order chi connectivity index (χ0) is 16.0. The van der Waals surface area contributed by atoms with Gasteiger partial charge in [0.05, 0.1) is 12.2 Å². The third-order valence-corrected chi connectivity index (χ3v) is 4.61. The van der Waals surface area contributed by atoms with Gasteiger partial charge in [-0.15, -0.1) is 0 Å². The first kappa shape index (κ1) is 14.7. The number of para-hydroxylation sites is 1. The molecule has 23 heavy (non-hydrogen) atoms. The van der Waals surface area contributed by atoms with Gasteiger partial charge in [-0.1, -0.05) is 18.2 Å². The third kappa shape index (κ3) is 2.62. The van der Waals surface area contributed by atoms with Crippen molar-refractivity contribution in [3.63, 3.8) is 0 Å². The van der Waals surface area contributed by atoms with Gasteiger partial charge in [0.1, 0.15) is 17.3 Å². The molecule has 0 amide bonds. The second kappa shape index (κ2) is 5.62. The maximum Gasteiger partial charge on any atom is 0.133 e. The van der Waals surface area contributed by atoms with E-state index in [4.69, 9.17) is 9.47 Å². The first-order valence-electron chi connectivity index (χ1n) is 7.98. The molecule has 0 radical (unpaired) electrons. The van der Waals surface area contributed by atoms with Gasteiger partial charge in [-0.3, -0.25) is 0 Å². The molecule has 0 N–H and O–H groups in total. The fourth-order valence-electron chi connectivity index (χ4n) is 3.70. The van der Waals surface area contributed by atoms with Gasteiger partial charge in [-0.2, -0.15) is 0 Å². The van der Waals surface area contributed by atoms with Gasteiger partial charge < -0.3 is 14.4 Å². The zero-order valence-corrected chi connectivity index (χ0v) is 13.3. The molecule has 0 spiro atoms. The largest absolute Gasteiger partial charge is 0.457 e. The van der Waals surface area contributed by atoms with Crippen LogP contribution in [0, 0.1) is 5.82 Å². The maximum absolute atomic E-state index is 13.8. The van der Waals surface area contributed by atoms with Gasteiger partial charge in [-0.05, 0) is 44.8 Å². The molecule has 2 aromatic rings. The first-order valence-corrected chi connectivity index (χ1v) is 7.98. The molecule has 2 aliphatic rings. The van der Waals surface area contributed by atoms with E-state index < -0.39 is 0 Å². The van der Waals surface area contributed by atoms with Crippen molar-refractivity contribution in [1.29, 1.82) is 0 Å². The molecule has 1 saturated heterocycles. The average Bonchev–Trinajstić information content (AvgIpc) is 2.87. The van der Waals surface area contributed by atoms with Gasteiger partial charge >= 0.3 is 0 Å². The molecule has 2 heterocycles. The molecule has 2 aromatic carbocycles. The highest BCUT2D eigenvalue weighted by atomic mass is 19.1. The number of hydrogen-bond donors (Lipinski definition) is 0. The third-order valence-electron chi connectivity index (χ3n) is 4.61. The number of ether oxygens (including phenoxy) is 2. The zero-order valence-electron chi connectivity index (χ0n) is 13.3. The molecule has 0 aromatic heterocycles. The highest BCUT2D eigenvalue weighted by Crippen LogP contribution is 2.52. The number of nitrogens with zero attached hydrogens (tertiary/aromatic N) is 1. The van der Waals surface area contributed by atoms with Crippen molar-refractivity contribution >= 4 is 0 Å². The number of fused-ring (bicyclic) bond motifs is 5. The molecular weight excluding hydrogens is 293 g/mol. The lowest BCUT2D eigenvalue weighted by Gasteiger charge is -2.19. The van der Waals surface area contributed by atoms with Gasteiger partial charge in [0, 0.05) is 23.6 Å². The van der Waals surface area contributed by atoms with E-state index in [1.807, 2.05) is 32.3 Å². The molecule has 0 bridgehead atoms. The number of hydrogen-bond acceptors (Lipinski definition) is 3. The highest BCUT2D eigenvalue weighted by molar-refractivity contribution is 5.49. The molecule has 4 heteroatoms. The number of likely N-dealkylation sites (N-methyl/N-ethyl adjacent to an activating group) is 1. The van der Waals surface area contributed by atoms with Gasteiger partial charge in [-0.25, -0.2) is 4.39 Å². The van der Waals surface area contributed by atoms with Crippen LogP contribution in [0.1, 0.15) is 29.6 Å². The summed E-state index contributed by atoms with van der Waals surface area (Å²) in [6.07, 6.45) is 0.899. The molecule has 4 rings (SSSR count). The van der Waals surface area contributed by atoms with Gasteiger partial charge in [0.25, 0.3) is 0 Å². The van der Waals surface area contributed by atoms with Crippen molar-refractivity contribution in [2.24, 2.45) is 0 Å². The maximum atomic E-state index is 13.8. The Kier molecular flexibility index (Phi) is 3.58. The Labute approximate surface area is 135 Å². The number of benzene rings is 2. The number of halogens is 1. The van der Waals surface area contributed by atoms with Gasteiger partial charge in [0.15, 0.2) is 0 Å². The van der Waals surface area contributed by atoms with E-state index in [0.29, 0.717) is 5.75 Å². The van der Waals surface area contributed by atoms with Crippen molar-refractivity contribution < 1.29 is 13.9 Å². The van der Waals surface area contributed by atoms with Gasteiger partial charge in [0.2, 0.25) is 0 Å². The Balaban J connectivity index is 1.80. The topological polar surface area (TPSA) is 21.7 Å². The van der Waals surface area contributed by atoms with Crippen LogP contribution in [0.25, 0.3) is 0 Å². The SMILES string of the molecule is CN(C)C[C@@H]1C[C@@H]2c3ccccc3Oc3ccc(F)cc3[C@H]2O1. The molecule has 0 saturated carbocycles. The quantitative estimate of drug-likeness (QED) is 0.833.